The van der Waals surface area contributed by atoms with E-state index in [9.17, 15) is 0 Å². The predicted molar refractivity (Wildman–Crippen MR) is 66.9 cm³/mol. The first-order valence-corrected chi connectivity index (χ1v) is 6.55. The summed E-state index contributed by atoms with van der Waals surface area (Å²) in [5.41, 5.74) is 0. The van der Waals surface area contributed by atoms with Crippen LogP contribution in [0.3, 0.4) is 0 Å². The van der Waals surface area contributed by atoms with Gasteiger partial charge in [0.25, 0.3) is 0 Å². The molecule has 16 heavy (non-hydrogen) atoms. The highest BCUT2D eigenvalue weighted by atomic mass is 35.5. The van der Waals surface area contributed by atoms with Crippen molar-refractivity contribution in [2.45, 2.75) is 25.7 Å². The van der Waals surface area contributed by atoms with Crippen molar-refractivity contribution in [3.05, 3.63) is 23.4 Å². The highest BCUT2D eigenvalue weighted by Gasteiger charge is 2.29. The molecule has 0 radical (unpaired) electrons. The fraction of sp³-hybridized carbons (Fsp3) is 0.615. The molecule has 2 nitrogen and oxygen atoms in total. The average Bonchev–Trinajstić information content (AvgIpc) is 3.12. The van der Waals surface area contributed by atoms with E-state index < -0.39 is 0 Å². The van der Waals surface area contributed by atoms with Gasteiger partial charge in [-0.2, -0.15) is 0 Å². The average molecular weight is 237 g/mol. The molecule has 0 spiro atoms. The molecule has 1 aromatic rings. The third-order valence-electron chi connectivity index (χ3n) is 3.39. The molecule has 3 rings (SSSR count). The van der Waals surface area contributed by atoms with E-state index in [1.54, 1.807) is 6.20 Å². The van der Waals surface area contributed by atoms with E-state index in [0.29, 0.717) is 0 Å². The Morgan fingerprint density at radius 1 is 1.12 bits per heavy atom. The van der Waals surface area contributed by atoms with Gasteiger partial charge >= 0.3 is 0 Å². The maximum Gasteiger partial charge on any atom is 0.128 e. The Kier molecular flexibility index (Phi) is 2.76. The van der Waals surface area contributed by atoms with Crippen molar-refractivity contribution in [2.75, 3.05) is 18.0 Å². The van der Waals surface area contributed by atoms with Gasteiger partial charge in [-0.1, -0.05) is 11.6 Å². The molecule has 0 saturated heterocycles. The number of hydrogen-bond donors (Lipinski definition) is 0. The number of anilines is 1. The summed E-state index contributed by atoms with van der Waals surface area (Å²) >= 11 is 5.87. The fourth-order valence-electron chi connectivity index (χ4n) is 2.04. The molecule has 1 heterocycles. The summed E-state index contributed by atoms with van der Waals surface area (Å²) in [7, 11) is 0. The minimum absolute atomic E-state index is 0.724. The number of hydrogen-bond acceptors (Lipinski definition) is 2. The van der Waals surface area contributed by atoms with Gasteiger partial charge in [0.2, 0.25) is 0 Å². The van der Waals surface area contributed by atoms with E-state index >= 15 is 0 Å². The van der Waals surface area contributed by atoms with Gasteiger partial charge in [0.1, 0.15) is 5.82 Å². The van der Waals surface area contributed by atoms with Crippen LogP contribution in [0.1, 0.15) is 25.7 Å². The highest BCUT2D eigenvalue weighted by molar-refractivity contribution is 6.30. The summed E-state index contributed by atoms with van der Waals surface area (Å²) in [5, 5.41) is 0.724. The molecule has 0 bridgehead atoms. The van der Waals surface area contributed by atoms with Gasteiger partial charge in [0.15, 0.2) is 0 Å². The standard InChI is InChI=1S/C13H17ClN2/c14-12-5-6-13(15-7-12)16(8-10-1-2-10)9-11-3-4-11/h5-7,10-11H,1-4,8-9H2. The lowest BCUT2D eigenvalue weighted by molar-refractivity contribution is 0.671. The van der Waals surface area contributed by atoms with E-state index in [1.807, 2.05) is 12.1 Å². The van der Waals surface area contributed by atoms with Crippen LogP contribution in [0.25, 0.3) is 0 Å². The van der Waals surface area contributed by atoms with Gasteiger partial charge < -0.3 is 4.90 Å². The molecule has 2 aliphatic rings. The second kappa shape index (κ2) is 4.25. The number of nitrogens with zero attached hydrogens (tertiary/aromatic N) is 2. The lowest BCUT2D eigenvalue weighted by atomic mass is 10.3. The lowest BCUT2D eigenvalue weighted by Gasteiger charge is -2.23. The third-order valence-corrected chi connectivity index (χ3v) is 3.61. The summed E-state index contributed by atoms with van der Waals surface area (Å²) in [5.74, 6) is 2.93. The van der Waals surface area contributed by atoms with Crippen LogP contribution < -0.4 is 4.90 Å². The SMILES string of the molecule is Clc1ccc(N(CC2CC2)CC2CC2)nc1. The third kappa shape index (κ3) is 2.67. The summed E-state index contributed by atoms with van der Waals surface area (Å²) in [4.78, 5) is 6.88. The first-order valence-electron chi connectivity index (χ1n) is 6.18. The number of rotatable bonds is 5. The maximum atomic E-state index is 5.87. The summed E-state index contributed by atoms with van der Waals surface area (Å²) in [6, 6.07) is 3.99. The Bertz CT molecular complexity index is 341. The smallest absolute Gasteiger partial charge is 0.128 e. The molecular formula is C13H17ClN2. The van der Waals surface area contributed by atoms with Gasteiger partial charge in [-0.05, 0) is 49.7 Å². The van der Waals surface area contributed by atoms with E-state index in [2.05, 4.69) is 9.88 Å². The molecule has 2 saturated carbocycles. The van der Waals surface area contributed by atoms with Crippen molar-refractivity contribution >= 4 is 17.4 Å². The Labute approximate surface area is 102 Å². The van der Waals surface area contributed by atoms with Crippen molar-refractivity contribution in [1.82, 2.24) is 4.98 Å². The second-order valence-corrected chi connectivity index (χ2v) is 5.56. The summed E-state index contributed by atoms with van der Waals surface area (Å²) in [6.45, 7) is 2.37. The monoisotopic (exact) mass is 236 g/mol. The molecule has 0 atom stereocenters. The lowest BCUT2D eigenvalue weighted by Crippen LogP contribution is -2.28. The van der Waals surface area contributed by atoms with Gasteiger partial charge in [0.05, 0.1) is 5.02 Å². The van der Waals surface area contributed by atoms with Crippen molar-refractivity contribution in [3.63, 3.8) is 0 Å². The molecule has 0 amide bonds. The normalized spacial score (nSPS) is 19.8. The Balaban J connectivity index is 1.71. The van der Waals surface area contributed by atoms with Gasteiger partial charge in [0, 0.05) is 19.3 Å². The number of aromatic nitrogens is 1. The zero-order valence-electron chi connectivity index (χ0n) is 9.40. The fourth-order valence-corrected chi connectivity index (χ4v) is 2.15. The van der Waals surface area contributed by atoms with Crippen molar-refractivity contribution in [1.29, 1.82) is 0 Å². The van der Waals surface area contributed by atoms with Gasteiger partial charge in [-0.3, -0.25) is 0 Å². The quantitative estimate of drug-likeness (QED) is 0.780. The molecule has 2 aliphatic carbocycles. The Morgan fingerprint density at radius 2 is 1.75 bits per heavy atom. The summed E-state index contributed by atoms with van der Waals surface area (Å²) in [6.07, 6.45) is 7.34. The molecule has 0 unspecified atom stereocenters. The molecule has 0 N–H and O–H groups in total. The molecule has 2 fully saturated rings. The van der Waals surface area contributed by atoms with E-state index in [0.717, 1.165) is 22.7 Å². The maximum absolute atomic E-state index is 5.87. The van der Waals surface area contributed by atoms with Crippen LogP contribution in [-0.2, 0) is 0 Å². The van der Waals surface area contributed by atoms with Crippen molar-refractivity contribution in [3.8, 4) is 0 Å². The van der Waals surface area contributed by atoms with Crippen LogP contribution in [0.5, 0.6) is 0 Å². The van der Waals surface area contributed by atoms with E-state index in [4.69, 9.17) is 11.6 Å². The predicted octanol–water partition coefficient (Wildman–Crippen LogP) is 3.36. The minimum Gasteiger partial charge on any atom is -0.356 e. The number of halogens is 1. The zero-order valence-corrected chi connectivity index (χ0v) is 10.2. The van der Waals surface area contributed by atoms with E-state index in [1.165, 1.54) is 38.8 Å². The second-order valence-electron chi connectivity index (χ2n) is 5.13. The van der Waals surface area contributed by atoms with Crippen LogP contribution in [0.2, 0.25) is 5.02 Å². The largest absolute Gasteiger partial charge is 0.356 e. The molecule has 0 aliphatic heterocycles. The first kappa shape index (κ1) is 10.4. The molecule has 86 valence electrons. The van der Waals surface area contributed by atoms with Crippen LogP contribution in [-0.4, -0.2) is 18.1 Å². The van der Waals surface area contributed by atoms with Gasteiger partial charge in [-0.25, -0.2) is 4.98 Å². The minimum atomic E-state index is 0.724. The zero-order chi connectivity index (χ0) is 11.0. The first-order chi connectivity index (χ1) is 7.81. The number of pyridine rings is 1. The molecular weight excluding hydrogens is 220 g/mol. The Morgan fingerprint density at radius 3 is 2.19 bits per heavy atom. The molecule has 3 heteroatoms. The Hall–Kier alpha value is -0.760. The van der Waals surface area contributed by atoms with E-state index in [-0.39, 0.29) is 0 Å². The molecule has 1 aromatic heterocycles. The van der Waals surface area contributed by atoms with Crippen LogP contribution in [0, 0.1) is 11.8 Å². The van der Waals surface area contributed by atoms with Gasteiger partial charge in [-0.15, -0.1) is 0 Å². The van der Waals surface area contributed by atoms with Crippen LogP contribution >= 0.6 is 11.6 Å². The van der Waals surface area contributed by atoms with Crippen LogP contribution in [0.4, 0.5) is 5.82 Å². The van der Waals surface area contributed by atoms with Crippen molar-refractivity contribution < 1.29 is 0 Å². The topological polar surface area (TPSA) is 16.1 Å². The van der Waals surface area contributed by atoms with Crippen LogP contribution in [0.15, 0.2) is 18.3 Å². The van der Waals surface area contributed by atoms with Crippen molar-refractivity contribution in [2.24, 2.45) is 11.8 Å². The summed E-state index contributed by atoms with van der Waals surface area (Å²) < 4.78 is 0. The highest BCUT2D eigenvalue weighted by Crippen LogP contribution is 2.35. The molecule has 0 aromatic carbocycles.